The van der Waals surface area contributed by atoms with Crippen LogP contribution in [0, 0.1) is 13.8 Å². The lowest BCUT2D eigenvalue weighted by Crippen LogP contribution is -2.05. The molecule has 0 amide bonds. The molecular weight excluding hydrogens is 310 g/mol. The number of carbonyl (C=O) groups is 1. The van der Waals surface area contributed by atoms with Crippen LogP contribution in [0.5, 0.6) is 0 Å². The van der Waals surface area contributed by atoms with Crippen LogP contribution < -0.4 is 5.32 Å². The summed E-state index contributed by atoms with van der Waals surface area (Å²) >= 11 is 3.51. The van der Waals surface area contributed by atoms with Crippen LogP contribution in [0.15, 0.2) is 33.4 Å². The molecule has 0 aliphatic heterocycles. The number of benzene rings is 1. The van der Waals surface area contributed by atoms with Crippen molar-refractivity contribution in [2.45, 2.75) is 20.4 Å². The minimum Gasteiger partial charge on any atom is -0.478 e. The van der Waals surface area contributed by atoms with Crippen molar-refractivity contribution in [2.75, 3.05) is 5.32 Å². The molecule has 100 valence electrons. The first-order chi connectivity index (χ1) is 8.99. The van der Waals surface area contributed by atoms with E-state index in [1.807, 2.05) is 26.0 Å². The molecular formula is C14H14BrNO3. The number of hydrogen-bond donors (Lipinski definition) is 2. The average molecular weight is 324 g/mol. The molecule has 2 N–H and O–H groups in total. The molecule has 1 aromatic carbocycles. The second kappa shape index (κ2) is 5.48. The van der Waals surface area contributed by atoms with Crippen molar-refractivity contribution in [3.8, 4) is 0 Å². The molecule has 0 radical (unpaired) electrons. The number of aryl methyl sites for hydroxylation is 2. The molecule has 0 aliphatic carbocycles. The van der Waals surface area contributed by atoms with E-state index in [4.69, 9.17) is 9.52 Å². The number of hydrogen-bond acceptors (Lipinski definition) is 3. The molecule has 2 rings (SSSR count). The third-order valence-corrected chi connectivity index (χ3v) is 4.12. The highest BCUT2D eigenvalue weighted by molar-refractivity contribution is 9.10. The van der Waals surface area contributed by atoms with Crippen molar-refractivity contribution in [1.29, 1.82) is 0 Å². The third kappa shape index (κ3) is 2.98. The molecule has 0 atom stereocenters. The van der Waals surface area contributed by atoms with E-state index in [1.165, 1.54) is 12.3 Å². The van der Waals surface area contributed by atoms with E-state index < -0.39 is 5.97 Å². The molecule has 0 spiro atoms. The van der Waals surface area contributed by atoms with E-state index >= 15 is 0 Å². The molecule has 1 aromatic heterocycles. The van der Waals surface area contributed by atoms with Gasteiger partial charge in [0.2, 0.25) is 0 Å². The van der Waals surface area contributed by atoms with Gasteiger partial charge in [0, 0.05) is 10.2 Å². The molecule has 4 nitrogen and oxygen atoms in total. The van der Waals surface area contributed by atoms with Gasteiger partial charge < -0.3 is 14.8 Å². The van der Waals surface area contributed by atoms with E-state index in [0.29, 0.717) is 12.3 Å². The lowest BCUT2D eigenvalue weighted by Gasteiger charge is -2.10. The summed E-state index contributed by atoms with van der Waals surface area (Å²) in [5.74, 6) is -0.556. The molecule has 19 heavy (non-hydrogen) atoms. The maximum atomic E-state index is 11.0. The van der Waals surface area contributed by atoms with Gasteiger partial charge in [0.05, 0.1) is 12.8 Å². The number of rotatable bonds is 4. The highest BCUT2D eigenvalue weighted by Gasteiger charge is 2.13. The normalized spacial score (nSPS) is 10.5. The summed E-state index contributed by atoms with van der Waals surface area (Å²) in [5, 5.41) is 12.2. The summed E-state index contributed by atoms with van der Waals surface area (Å²) in [7, 11) is 0. The van der Waals surface area contributed by atoms with Crippen LogP contribution in [0.1, 0.15) is 27.2 Å². The lowest BCUT2D eigenvalue weighted by molar-refractivity contribution is 0.0694. The number of anilines is 1. The van der Waals surface area contributed by atoms with Crippen molar-refractivity contribution in [3.63, 3.8) is 0 Å². The SMILES string of the molecule is Cc1cc(NCc2occc2C(=O)O)cc(C)c1Br. The van der Waals surface area contributed by atoms with Crippen LogP contribution in [-0.4, -0.2) is 11.1 Å². The summed E-state index contributed by atoms with van der Waals surface area (Å²) in [6.07, 6.45) is 1.39. The Morgan fingerprint density at radius 2 is 2.00 bits per heavy atom. The van der Waals surface area contributed by atoms with Crippen molar-refractivity contribution in [3.05, 3.63) is 51.4 Å². The Kier molecular flexibility index (Phi) is 3.95. The predicted octanol–water partition coefficient (Wildman–Crippen LogP) is 3.97. The quantitative estimate of drug-likeness (QED) is 0.893. The minimum atomic E-state index is -0.978. The molecule has 0 aliphatic rings. The van der Waals surface area contributed by atoms with E-state index in [-0.39, 0.29) is 5.56 Å². The summed E-state index contributed by atoms with van der Waals surface area (Å²) in [6, 6.07) is 5.46. The van der Waals surface area contributed by atoms with Gasteiger partial charge in [-0.1, -0.05) is 15.9 Å². The average Bonchev–Trinajstić information content (AvgIpc) is 2.81. The largest absolute Gasteiger partial charge is 0.478 e. The van der Waals surface area contributed by atoms with Crippen LogP contribution in [0.2, 0.25) is 0 Å². The third-order valence-electron chi connectivity index (χ3n) is 2.87. The van der Waals surface area contributed by atoms with Crippen molar-refractivity contribution < 1.29 is 14.3 Å². The topological polar surface area (TPSA) is 62.5 Å². The summed E-state index contributed by atoms with van der Waals surface area (Å²) < 4.78 is 6.26. The van der Waals surface area contributed by atoms with E-state index in [0.717, 1.165) is 21.3 Å². The standard InChI is InChI=1S/C14H14BrNO3/c1-8-5-10(6-9(2)13(8)15)16-7-12-11(14(17)18)3-4-19-12/h3-6,16H,7H2,1-2H3,(H,17,18). The molecule has 0 saturated carbocycles. The number of nitrogens with one attached hydrogen (secondary N) is 1. The monoisotopic (exact) mass is 323 g/mol. The fourth-order valence-corrected chi connectivity index (χ4v) is 2.13. The Bertz CT molecular complexity index is 596. The Morgan fingerprint density at radius 3 is 2.58 bits per heavy atom. The van der Waals surface area contributed by atoms with Crippen LogP contribution >= 0.6 is 15.9 Å². The summed E-state index contributed by atoms with van der Waals surface area (Å²) in [6.45, 7) is 4.37. The second-order valence-electron chi connectivity index (χ2n) is 4.34. The molecule has 1 heterocycles. The van der Waals surface area contributed by atoms with Crippen molar-refractivity contribution in [2.24, 2.45) is 0 Å². The van der Waals surface area contributed by atoms with Gasteiger partial charge >= 0.3 is 5.97 Å². The first-order valence-corrected chi connectivity index (χ1v) is 6.58. The zero-order valence-corrected chi connectivity index (χ0v) is 12.2. The Morgan fingerprint density at radius 1 is 1.37 bits per heavy atom. The maximum Gasteiger partial charge on any atom is 0.339 e. The van der Waals surface area contributed by atoms with Gasteiger partial charge in [-0.05, 0) is 43.2 Å². The number of carboxylic acids is 1. The van der Waals surface area contributed by atoms with Crippen molar-refractivity contribution >= 4 is 27.6 Å². The van der Waals surface area contributed by atoms with Crippen LogP contribution in [0.3, 0.4) is 0 Å². The number of aromatic carboxylic acids is 1. The van der Waals surface area contributed by atoms with Gasteiger partial charge in [-0.15, -0.1) is 0 Å². The zero-order valence-electron chi connectivity index (χ0n) is 10.7. The first-order valence-electron chi connectivity index (χ1n) is 5.79. The van der Waals surface area contributed by atoms with E-state index in [9.17, 15) is 4.79 Å². The van der Waals surface area contributed by atoms with Crippen LogP contribution in [0.25, 0.3) is 0 Å². The molecule has 0 bridgehead atoms. The Hall–Kier alpha value is -1.75. The number of furan rings is 1. The van der Waals surface area contributed by atoms with Crippen LogP contribution in [0.4, 0.5) is 5.69 Å². The van der Waals surface area contributed by atoms with Gasteiger partial charge in [-0.25, -0.2) is 4.79 Å². The molecule has 0 saturated heterocycles. The molecule has 0 unspecified atom stereocenters. The highest BCUT2D eigenvalue weighted by Crippen LogP contribution is 2.25. The summed E-state index contributed by atoms with van der Waals surface area (Å²) in [4.78, 5) is 11.0. The lowest BCUT2D eigenvalue weighted by atomic mass is 10.1. The molecule has 5 heteroatoms. The predicted molar refractivity (Wildman–Crippen MR) is 76.6 cm³/mol. The first kappa shape index (κ1) is 13.7. The minimum absolute atomic E-state index is 0.193. The van der Waals surface area contributed by atoms with E-state index in [2.05, 4.69) is 21.2 Å². The maximum absolute atomic E-state index is 11.0. The van der Waals surface area contributed by atoms with Gasteiger partial charge in [0.15, 0.2) is 0 Å². The van der Waals surface area contributed by atoms with Crippen molar-refractivity contribution in [1.82, 2.24) is 0 Å². The summed E-state index contributed by atoms with van der Waals surface area (Å²) in [5.41, 5.74) is 3.38. The van der Waals surface area contributed by atoms with Gasteiger partial charge in [-0.2, -0.15) is 0 Å². The van der Waals surface area contributed by atoms with Crippen LogP contribution in [-0.2, 0) is 6.54 Å². The van der Waals surface area contributed by atoms with Gasteiger partial charge in [0.25, 0.3) is 0 Å². The van der Waals surface area contributed by atoms with Gasteiger partial charge in [-0.3, -0.25) is 0 Å². The second-order valence-corrected chi connectivity index (χ2v) is 5.13. The number of carboxylic acid groups (broad SMARTS) is 1. The van der Waals surface area contributed by atoms with E-state index in [1.54, 1.807) is 0 Å². The highest BCUT2D eigenvalue weighted by atomic mass is 79.9. The van der Waals surface area contributed by atoms with Gasteiger partial charge in [0.1, 0.15) is 11.3 Å². The molecule has 2 aromatic rings. The number of halogens is 1. The Labute approximate surface area is 119 Å². The Balaban J connectivity index is 2.15. The smallest absolute Gasteiger partial charge is 0.339 e. The molecule has 0 fully saturated rings. The zero-order chi connectivity index (χ0) is 14.0. The fraction of sp³-hybridized carbons (Fsp3) is 0.214. The fourth-order valence-electron chi connectivity index (χ4n) is 1.90.